The summed E-state index contributed by atoms with van der Waals surface area (Å²) in [5.74, 6) is -1.13. The molecule has 112 valence electrons. The van der Waals surface area contributed by atoms with Crippen LogP contribution in [0.2, 0.25) is 0 Å². The predicted octanol–water partition coefficient (Wildman–Crippen LogP) is 2.23. The van der Waals surface area contributed by atoms with Crippen LogP contribution in [0.25, 0.3) is 0 Å². The van der Waals surface area contributed by atoms with Crippen LogP contribution in [0.4, 0.5) is 11.4 Å². The molecule has 0 atom stereocenters. The fourth-order valence-electron chi connectivity index (χ4n) is 2.64. The zero-order valence-corrected chi connectivity index (χ0v) is 12.2. The molecule has 0 bridgehead atoms. The second kappa shape index (κ2) is 5.52. The monoisotopic (exact) mass is 296 g/mol. The summed E-state index contributed by atoms with van der Waals surface area (Å²) in [6.07, 6.45) is 0.757. The highest BCUT2D eigenvalue weighted by atomic mass is 16.3. The third-order valence-corrected chi connectivity index (χ3v) is 3.78. The Bertz CT molecular complexity index is 755. The summed E-state index contributed by atoms with van der Waals surface area (Å²) in [4.78, 5) is 26.0. The minimum absolute atomic E-state index is 0.121. The van der Waals surface area contributed by atoms with Crippen molar-refractivity contribution in [1.29, 1.82) is 0 Å². The van der Waals surface area contributed by atoms with Crippen LogP contribution in [0, 0.1) is 6.92 Å². The Balaban J connectivity index is 1.77. The van der Waals surface area contributed by atoms with Crippen LogP contribution in [0.15, 0.2) is 42.5 Å². The lowest BCUT2D eigenvalue weighted by atomic mass is 10.2. The minimum atomic E-state index is -0.675. The first kappa shape index (κ1) is 14.1. The van der Waals surface area contributed by atoms with E-state index in [4.69, 9.17) is 0 Å². The van der Waals surface area contributed by atoms with E-state index in [0.29, 0.717) is 17.8 Å². The Morgan fingerprint density at radius 1 is 1.18 bits per heavy atom. The second-order valence-electron chi connectivity index (χ2n) is 5.29. The molecule has 0 aliphatic carbocycles. The number of rotatable bonds is 1. The fourth-order valence-corrected chi connectivity index (χ4v) is 2.64. The van der Waals surface area contributed by atoms with Crippen molar-refractivity contribution in [2.75, 3.05) is 16.8 Å². The molecule has 0 unspecified atom stereocenters. The van der Waals surface area contributed by atoms with Crippen molar-refractivity contribution in [2.24, 2.45) is 0 Å². The quantitative estimate of drug-likeness (QED) is 0.626. The predicted molar refractivity (Wildman–Crippen MR) is 84.0 cm³/mol. The van der Waals surface area contributed by atoms with Gasteiger partial charge in [-0.3, -0.25) is 9.59 Å². The zero-order chi connectivity index (χ0) is 15.7. The van der Waals surface area contributed by atoms with Gasteiger partial charge in [0.15, 0.2) is 0 Å². The van der Waals surface area contributed by atoms with Crippen molar-refractivity contribution in [3.05, 3.63) is 53.6 Å². The summed E-state index contributed by atoms with van der Waals surface area (Å²) >= 11 is 0. The van der Waals surface area contributed by atoms with Crippen molar-refractivity contribution in [2.45, 2.75) is 13.3 Å². The van der Waals surface area contributed by atoms with Gasteiger partial charge in [0, 0.05) is 17.9 Å². The van der Waals surface area contributed by atoms with E-state index in [9.17, 15) is 14.7 Å². The zero-order valence-electron chi connectivity index (χ0n) is 12.2. The number of hydrogen-bond acceptors (Lipinski definition) is 3. The number of nitrogens with one attached hydrogen (secondary N) is 1. The largest absolute Gasteiger partial charge is 0.508 e. The average Bonchev–Trinajstić information content (AvgIpc) is 2.93. The summed E-state index contributed by atoms with van der Waals surface area (Å²) in [6, 6.07) is 12.2. The molecule has 0 saturated carbocycles. The Hall–Kier alpha value is -2.82. The molecular formula is C17H16N2O3. The molecule has 5 heteroatoms. The fraction of sp³-hybridized carbons (Fsp3) is 0.176. The van der Waals surface area contributed by atoms with E-state index >= 15 is 0 Å². The molecule has 2 aromatic carbocycles. The van der Waals surface area contributed by atoms with E-state index in [1.165, 1.54) is 17.0 Å². The highest BCUT2D eigenvalue weighted by Gasteiger charge is 2.29. The molecule has 0 aromatic heterocycles. The topological polar surface area (TPSA) is 69.6 Å². The number of amides is 2. The van der Waals surface area contributed by atoms with Crippen LogP contribution in [0.3, 0.4) is 0 Å². The number of fused-ring (bicyclic) bond motifs is 1. The van der Waals surface area contributed by atoms with E-state index in [0.717, 1.165) is 17.7 Å². The van der Waals surface area contributed by atoms with Gasteiger partial charge in [0.05, 0.1) is 0 Å². The molecule has 0 saturated heterocycles. The number of anilines is 2. The van der Waals surface area contributed by atoms with Gasteiger partial charge in [-0.1, -0.05) is 18.2 Å². The van der Waals surface area contributed by atoms with Crippen molar-refractivity contribution < 1.29 is 14.7 Å². The number of carbonyl (C=O) groups is 2. The third-order valence-electron chi connectivity index (χ3n) is 3.78. The number of carbonyl (C=O) groups excluding carboxylic acids is 2. The second-order valence-corrected chi connectivity index (χ2v) is 5.29. The Morgan fingerprint density at radius 3 is 2.73 bits per heavy atom. The number of hydrogen-bond donors (Lipinski definition) is 2. The molecule has 5 nitrogen and oxygen atoms in total. The first-order valence-electron chi connectivity index (χ1n) is 7.06. The normalized spacial score (nSPS) is 12.9. The van der Waals surface area contributed by atoms with E-state index in [-0.39, 0.29) is 5.75 Å². The van der Waals surface area contributed by atoms with Crippen LogP contribution in [0.1, 0.15) is 11.1 Å². The van der Waals surface area contributed by atoms with E-state index < -0.39 is 11.8 Å². The van der Waals surface area contributed by atoms with Crippen molar-refractivity contribution in [3.63, 3.8) is 0 Å². The molecule has 22 heavy (non-hydrogen) atoms. The summed E-state index contributed by atoms with van der Waals surface area (Å²) in [5, 5.41) is 12.0. The van der Waals surface area contributed by atoms with Crippen LogP contribution in [0.5, 0.6) is 5.75 Å². The average molecular weight is 296 g/mol. The molecule has 2 N–H and O–H groups in total. The van der Waals surface area contributed by atoms with Crippen LogP contribution >= 0.6 is 0 Å². The highest BCUT2D eigenvalue weighted by molar-refractivity contribution is 6.44. The Kier molecular flexibility index (Phi) is 3.55. The van der Waals surface area contributed by atoms with E-state index in [2.05, 4.69) is 5.32 Å². The summed E-state index contributed by atoms with van der Waals surface area (Å²) in [7, 11) is 0. The van der Waals surface area contributed by atoms with Gasteiger partial charge in [-0.25, -0.2) is 0 Å². The number of benzene rings is 2. The van der Waals surface area contributed by atoms with Crippen LogP contribution < -0.4 is 10.2 Å². The van der Waals surface area contributed by atoms with Crippen LogP contribution in [-0.2, 0) is 16.0 Å². The number of phenols is 1. The number of aryl methyl sites for hydroxylation is 1. The van der Waals surface area contributed by atoms with Gasteiger partial charge in [-0.05, 0) is 48.7 Å². The molecular weight excluding hydrogens is 280 g/mol. The van der Waals surface area contributed by atoms with Gasteiger partial charge in [0.2, 0.25) is 0 Å². The lowest BCUT2D eigenvalue weighted by Crippen LogP contribution is -2.38. The van der Waals surface area contributed by atoms with Gasteiger partial charge >= 0.3 is 11.8 Å². The van der Waals surface area contributed by atoms with Gasteiger partial charge in [-0.2, -0.15) is 0 Å². The summed E-state index contributed by atoms with van der Waals surface area (Å²) in [6.45, 7) is 2.27. The first-order chi connectivity index (χ1) is 10.6. The van der Waals surface area contributed by atoms with Crippen molar-refractivity contribution in [3.8, 4) is 5.75 Å². The lowest BCUT2D eigenvalue weighted by molar-refractivity contribution is -0.134. The molecule has 2 aromatic rings. The number of para-hydroxylation sites is 1. The van der Waals surface area contributed by atoms with Crippen molar-refractivity contribution >= 4 is 23.2 Å². The molecule has 0 radical (unpaired) electrons. The van der Waals surface area contributed by atoms with E-state index in [1.54, 1.807) is 13.0 Å². The van der Waals surface area contributed by atoms with Gasteiger partial charge in [0.1, 0.15) is 5.75 Å². The molecule has 1 aliphatic rings. The Morgan fingerprint density at radius 2 is 1.95 bits per heavy atom. The van der Waals surface area contributed by atoms with Crippen molar-refractivity contribution in [1.82, 2.24) is 0 Å². The molecule has 0 fully saturated rings. The van der Waals surface area contributed by atoms with Crippen LogP contribution in [-0.4, -0.2) is 23.5 Å². The third kappa shape index (κ3) is 2.53. The molecule has 1 heterocycles. The SMILES string of the molecule is Cc1cc(O)ccc1NC(=O)C(=O)N1CCc2ccccc21. The number of phenolic OH excluding ortho intramolecular Hbond substituents is 1. The molecule has 0 spiro atoms. The van der Waals surface area contributed by atoms with Gasteiger partial charge in [0.25, 0.3) is 0 Å². The van der Waals surface area contributed by atoms with Gasteiger partial charge in [-0.15, -0.1) is 0 Å². The number of aromatic hydroxyl groups is 1. The summed E-state index contributed by atoms with van der Waals surface area (Å²) in [5.41, 5.74) is 3.08. The molecule has 2 amide bonds. The standard InChI is InChI=1S/C17H16N2O3/c1-11-10-13(20)6-7-14(11)18-16(21)17(22)19-9-8-12-4-2-3-5-15(12)19/h2-7,10,20H,8-9H2,1H3,(H,18,21). The maximum atomic E-state index is 12.4. The smallest absolute Gasteiger partial charge is 0.316 e. The maximum absolute atomic E-state index is 12.4. The first-order valence-corrected chi connectivity index (χ1v) is 7.06. The maximum Gasteiger partial charge on any atom is 0.316 e. The Labute approximate surface area is 128 Å². The lowest BCUT2D eigenvalue weighted by Gasteiger charge is -2.17. The highest BCUT2D eigenvalue weighted by Crippen LogP contribution is 2.28. The van der Waals surface area contributed by atoms with E-state index in [1.807, 2.05) is 24.3 Å². The van der Waals surface area contributed by atoms with Gasteiger partial charge < -0.3 is 15.3 Å². The number of nitrogens with zero attached hydrogens (tertiary/aromatic N) is 1. The molecule has 3 rings (SSSR count). The summed E-state index contributed by atoms with van der Waals surface area (Å²) < 4.78 is 0. The minimum Gasteiger partial charge on any atom is -0.508 e. The molecule has 1 aliphatic heterocycles.